The Bertz CT molecular complexity index is 516. The molecule has 0 saturated carbocycles. The fourth-order valence-corrected chi connectivity index (χ4v) is 2.46. The molecule has 0 bridgehead atoms. The molecule has 1 aromatic rings. The highest BCUT2D eigenvalue weighted by Gasteiger charge is 2.41. The second-order valence-corrected chi connectivity index (χ2v) is 5.43. The lowest BCUT2D eigenvalue weighted by Gasteiger charge is -2.45. The Morgan fingerprint density at radius 1 is 1.40 bits per heavy atom. The van der Waals surface area contributed by atoms with Crippen molar-refractivity contribution in [1.29, 1.82) is 0 Å². The quantitative estimate of drug-likeness (QED) is 0.897. The number of hydrogen-bond donors (Lipinski definition) is 1. The van der Waals surface area contributed by atoms with E-state index in [1.807, 2.05) is 38.8 Å². The Balaban J connectivity index is 2.36. The average Bonchev–Trinajstić information content (AvgIpc) is 2.40. The lowest BCUT2D eigenvalue weighted by Crippen LogP contribution is -2.62. The number of anilines is 2. The number of nitrogen functional groups attached to an aromatic ring is 1. The third-order valence-corrected chi connectivity index (χ3v) is 3.64. The molecule has 0 aromatic carbocycles. The average molecular weight is 278 g/mol. The molecule has 0 aliphatic carbocycles. The van der Waals surface area contributed by atoms with E-state index in [9.17, 15) is 4.79 Å². The van der Waals surface area contributed by atoms with Crippen molar-refractivity contribution in [2.45, 2.75) is 26.3 Å². The number of carbonyl (C=O) groups excluding carboxylic acids is 1. The molecule has 1 aliphatic rings. The Labute approximate surface area is 119 Å². The summed E-state index contributed by atoms with van der Waals surface area (Å²) in [6.07, 6.45) is 0. The maximum atomic E-state index is 12.3. The number of nitrogens with zero attached hydrogens (tertiary/aromatic N) is 3. The molecule has 2 N–H and O–H groups in total. The minimum atomic E-state index is -0.625. The van der Waals surface area contributed by atoms with Gasteiger partial charge in [-0.2, -0.15) is 4.98 Å². The molecule has 0 atom stereocenters. The summed E-state index contributed by atoms with van der Waals surface area (Å²) in [5.41, 5.74) is 5.72. The van der Waals surface area contributed by atoms with Gasteiger partial charge in [-0.15, -0.1) is 0 Å². The molecule has 0 spiro atoms. The summed E-state index contributed by atoms with van der Waals surface area (Å²) in [6, 6.07) is 3.60. The fourth-order valence-electron chi connectivity index (χ4n) is 2.46. The van der Waals surface area contributed by atoms with Gasteiger partial charge in [-0.1, -0.05) is 0 Å². The summed E-state index contributed by atoms with van der Waals surface area (Å²) in [5, 5.41) is 0. The van der Waals surface area contributed by atoms with Gasteiger partial charge in [-0.05, 0) is 32.9 Å². The summed E-state index contributed by atoms with van der Waals surface area (Å²) in [4.78, 5) is 20.5. The number of carbonyl (C=O) groups is 1. The van der Waals surface area contributed by atoms with Crippen molar-refractivity contribution in [1.82, 2.24) is 9.88 Å². The molecule has 6 heteroatoms. The summed E-state index contributed by atoms with van der Waals surface area (Å²) in [7, 11) is 1.82. The van der Waals surface area contributed by atoms with Crippen molar-refractivity contribution < 1.29 is 9.53 Å². The molecule has 1 amide bonds. The van der Waals surface area contributed by atoms with E-state index in [-0.39, 0.29) is 5.91 Å². The van der Waals surface area contributed by atoms with Gasteiger partial charge in [0.25, 0.3) is 0 Å². The standard InChI is InChI=1S/C14H22N4O2/c1-5-20-12-10(15)6-7-11(16-12)18-9-8-17(4)13(19)14(18,2)3/h6-7H,5,8-9,15H2,1-4H3. The number of likely N-dealkylation sites (N-methyl/N-ethyl adjacent to an activating group) is 1. The van der Waals surface area contributed by atoms with Crippen molar-refractivity contribution in [3.05, 3.63) is 12.1 Å². The number of pyridine rings is 1. The molecule has 1 fully saturated rings. The lowest BCUT2D eigenvalue weighted by atomic mass is 9.98. The van der Waals surface area contributed by atoms with Crippen LogP contribution in [0.1, 0.15) is 20.8 Å². The Morgan fingerprint density at radius 3 is 2.75 bits per heavy atom. The van der Waals surface area contributed by atoms with E-state index in [0.29, 0.717) is 30.5 Å². The van der Waals surface area contributed by atoms with Crippen LogP contribution in [0.5, 0.6) is 5.88 Å². The van der Waals surface area contributed by atoms with Gasteiger partial charge in [0.1, 0.15) is 11.4 Å². The van der Waals surface area contributed by atoms with Crippen molar-refractivity contribution in [3.8, 4) is 5.88 Å². The van der Waals surface area contributed by atoms with Crippen molar-refractivity contribution in [3.63, 3.8) is 0 Å². The molecule has 1 aliphatic heterocycles. The molecule has 110 valence electrons. The van der Waals surface area contributed by atoms with E-state index < -0.39 is 5.54 Å². The van der Waals surface area contributed by atoms with Gasteiger partial charge in [0.05, 0.1) is 12.3 Å². The molecular weight excluding hydrogens is 256 g/mol. The highest BCUT2D eigenvalue weighted by Crippen LogP contribution is 2.30. The summed E-state index contributed by atoms with van der Waals surface area (Å²) in [5.74, 6) is 1.22. The molecule has 2 rings (SSSR count). The van der Waals surface area contributed by atoms with E-state index in [0.717, 1.165) is 6.54 Å². The fraction of sp³-hybridized carbons (Fsp3) is 0.571. The number of piperazine rings is 1. The van der Waals surface area contributed by atoms with Crippen molar-refractivity contribution in [2.75, 3.05) is 37.4 Å². The maximum Gasteiger partial charge on any atom is 0.247 e. The molecule has 20 heavy (non-hydrogen) atoms. The van der Waals surface area contributed by atoms with Crippen LogP contribution in [0.25, 0.3) is 0 Å². The van der Waals surface area contributed by atoms with E-state index in [1.165, 1.54) is 0 Å². The normalized spacial score (nSPS) is 18.3. The largest absolute Gasteiger partial charge is 0.476 e. The van der Waals surface area contributed by atoms with Crippen LogP contribution in [-0.2, 0) is 4.79 Å². The number of ether oxygens (including phenoxy) is 1. The zero-order chi connectivity index (χ0) is 14.9. The summed E-state index contributed by atoms with van der Waals surface area (Å²) >= 11 is 0. The van der Waals surface area contributed by atoms with Crippen molar-refractivity contribution >= 4 is 17.4 Å². The van der Waals surface area contributed by atoms with Gasteiger partial charge in [-0.25, -0.2) is 0 Å². The van der Waals surface area contributed by atoms with Gasteiger partial charge in [0.2, 0.25) is 11.8 Å². The van der Waals surface area contributed by atoms with Crippen molar-refractivity contribution in [2.24, 2.45) is 0 Å². The first kappa shape index (κ1) is 14.4. The van der Waals surface area contributed by atoms with Gasteiger partial charge in [0, 0.05) is 20.1 Å². The number of aromatic nitrogens is 1. The zero-order valence-corrected chi connectivity index (χ0v) is 12.5. The minimum absolute atomic E-state index is 0.0836. The van der Waals surface area contributed by atoms with Crippen LogP contribution < -0.4 is 15.4 Å². The predicted molar refractivity (Wildman–Crippen MR) is 78.9 cm³/mol. The van der Waals surface area contributed by atoms with Crippen LogP contribution in [0, 0.1) is 0 Å². The van der Waals surface area contributed by atoms with Gasteiger partial charge in [-0.3, -0.25) is 4.79 Å². The first-order valence-electron chi connectivity index (χ1n) is 6.80. The molecule has 1 saturated heterocycles. The Morgan fingerprint density at radius 2 is 2.10 bits per heavy atom. The molecule has 6 nitrogen and oxygen atoms in total. The van der Waals surface area contributed by atoms with Crippen LogP contribution in [0.3, 0.4) is 0 Å². The Hall–Kier alpha value is -1.98. The predicted octanol–water partition coefficient (Wildman–Crippen LogP) is 1.12. The first-order valence-corrected chi connectivity index (χ1v) is 6.80. The van der Waals surface area contributed by atoms with Crippen LogP contribution in [0.2, 0.25) is 0 Å². The van der Waals surface area contributed by atoms with E-state index in [2.05, 4.69) is 4.98 Å². The third kappa shape index (κ3) is 2.37. The highest BCUT2D eigenvalue weighted by molar-refractivity contribution is 5.90. The van der Waals surface area contributed by atoms with Crippen LogP contribution >= 0.6 is 0 Å². The third-order valence-electron chi connectivity index (χ3n) is 3.64. The number of amides is 1. The van der Waals surface area contributed by atoms with Gasteiger partial charge < -0.3 is 20.3 Å². The monoisotopic (exact) mass is 278 g/mol. The second-order valence-electron chi connectivity index (χ2n) is 5.43. The van der Waals surface area contributed by atoms with Crippen LogP contribution in [-0.4, -0.2) is 48.1 Å². The first-order chi connectivity index (χ1) is 9.37. The molecule has 0 unspecified atom stereocenters. The molecule has 2 heterocycles. The number of nitrogens with two attached hydrogens (primary N) is 1. The smallest absolute Gasteiger partial charge is 0.247 e. The highest BCUT2D eigenvalue weighted by atomic mass is 16.5. The maximum absolute atomic E-state index is 12.3. The van der Waals surface area contributed by atoms with Gasteiger partial charge in [0.15, 0.2) is 0 Å². The Kier molecular flexibility index (Phi) is 3.74. The SMILES string of the molecule is CCOc1nc(N2CCN(C)C(=O)C2(C)C)ccc1N. The summed E-state index contributed by atoms with van der Waals surface area (Å²) in [6.45, 7) is 7.62. The zero-order valence-electron chi connectivity index (χ0n) is 12.5. The van der Waals surface area contributed by atoms with Gasteiger partial charge >= 0.3 is 0 Å². The van der Waals surface area contributed by atoms with E-state index >= 15 is 0 Å². The lowest BCUT2D eigenvalue weighted by molar-refractivity contribution is -0.136. The summed E-state index contributed by atoms with van der Waals surface area (Å²) < 4.78 is 5.43. The van der Waals surface area contributed by atoms with E-state index in [4.69, 9.17) is 10.5 Å². The number of rotatable bonds is 3. The second kappa shape index (κ2) is 5.19. The van der Waals surface area contributed by atoms with Crippen LogP contribution in [0.15, 0.2) is 12.1 Å². The molecule has 1 aromatic heterocycles. The topological polar surface area (TPSA) is 71.7 Å². The number of hydrogen-bond acceptors (Lipinski definition) is 5. The minimum Gasteiger partial charge on any atom is -0.476 e. The molecular formula is C14H22N4O2. The van der Waals surface area contributed by atoms with E-state index in [1.54, 1.807) is 11.0 Å². The molecule has 0 radical (unpaired) electrons. The van der Waals surface area contributed by atoms with Crippen LogP contribution in [0.4, 0.5) is 11.5 Å².